The first kappa shape index (κ1) is 15.6. The standard InChI is InChI=1S/C13H26N2O2S2/c1-3-19(16,17)13-10-18-7-6-15(13)9-12-8-11(2)4-5-14-12/h11-14H,3-10H2,1-2H3. The summed E-state index contributed by atoms with van der Waals surface area (Å²) < 4.78 is 24.4. The SMILES string of the molecule is CCS(=O)(=O)C1CSCCN1CC1CC(C)CCN1. The van der Waals surface area contributed by atoms with Crippen molar-refractivity contribution >= 4 is 21.6 Å². The second kappa shape index (κ2) is 6.78. The molecule has 0 aliphatic carbocycles. The van der Waals surface area contributed by atoms with Crippen LogP contribution in [0.3, 0.4) is 0 Å². The van der Waals surface area contributed by atoms with Crippen LogP contribution in [-0.2, 0) is 9.84 Å². The van der Waals surface area contributed by atoms with Gasteiger partial charge in [0.25, 0.3) is 0 Å². The molecule has 0 aromatic carbocycles. The van der Waals surface area contributed by atoms with E-state index < -0.39 is 9.84 Å². The number of nitrogens with zero attached hydrogens (tertiary/aromatic N) is 1. The Labute approximate surface area is 121 Å². The molecule has 0 saturated carbocycles. The van der Waals surface area contributed by atoms with Gasteiger partial charge in [-0.25, -0.2) is 8.42 Å². The van der Waals surface area contributed by atoms with Crippen molar-refractivity contribution in [3.63, 3.8) is 0 Å². The van der Waals surface area contributed by atoms with Crippen molar-refractivity contribution in [2.75, 3.05) is 36.9 Å². The van der Waals surface area contributed by atoms with Crippen LogP contribution >= 0.6 is 11.8 Å². The zero-order valence-electron chi connectivity index (χ0n) is 12.0. The average Bonchev–Trinajstić information content (AvgIpc) is 2.39. The molecule has 3 atom stereocenters. The molecule has 19 heavy (non-hydrogen) atoms. The van der Waals surface area contributed by atoms with E-state index in [1.54, 1.807) is 18.7 Å². The smallest absolute Gasteiger partial charge is 0.166 e. The molecule has 1 N–H and O–H groups in total. The summed E-state index contributed by atoms with van der Waals surface area (Å²) in [7, 11) is -2.96. The minimum Gasteiger partial charge on any atom is -0.313 e. The van der Waals surface area contributed by atoms with Gasteiger partial charge in [0, 0.05) is 36.4 Å². The van der Waals surface area contributed by atoms with Gasteiger partial charge in [-0.2, -0.15) is 11.8 Å². The molecular formula is C13H26N2O2S2. The Morgan fingerprint density at radius 1 is 1.42 bits per heavy atom. The number of hydrogen-bond acceptors (Lipinski definition) is 5. The molecule has 2 fully saturated rings. The molecule has 112 valence electrons. The molecule has 2 heterocycles. The number of hydrogen-bond donors (Lipinski definition) is 1. The summed E-state index contributed by atoms with van der Waals surface area (Å²) in [5, 5.41) is 3.28. The summed E-state index contributed by atoms with van der Waals surface area (Å²) >= 11 is 1.77. The topological polar surface area (TPSA) is 49.4 Å². The first-order valence-electron chi connectivity index (χ1n) is 7.29. The van der Waals surface area contributed by atoms with Crippen molar-refractivity contribution in [3.05, 3.63) is 0 Å². The van der Waals surface area contributed by atoms with Crippen molar-refractivity contribution in [2.24, 2.45) is 5.92 Å². The molecule has 3 unspecified atom stereocenters. The molecule has 0 spiro atoms. The van der Waals surface area contributed by atoms with Crippen LogP contribution in [0.1, 0.15) is 26.7 Å². The number of rotatable bonds is 4. The molecule has 6 heteroatoms. The fourth-order valence-corrected chi connectivity index (χ4v) is 6.08. The van der Waals surface area contributed by atoms with E-state index in [4.69, 9.17) is 0 Å². The van der Waals surface area contributed by atoms with Crippen LogP contribution in [-0.4, -0.2) is 61.6 Å². The van der Waals surface area contributed by atoms with Crippen LogP contribution in [0.4, 0.5) is 0 Å². The minimum atomic E-state index is -2.96. The molecule has 0 amide bonds. The van der Waals surface area contributed by atoms with Crippen molar-refractivity contribution in [3.8, 4) is 0 Å². The van der Waals surface area contributed by atoms with Crippen LogP contribution in [0.5, 0.6) is 0 Å². The lowest BCUT2D eigenvalue weighted by Crippen LogP contribution is -2.54. The van der Waals surface area contributed by atoms with Gasteiger partial charge in [0.05, 0.1) is 0 Å². The Morgan fingerprint density at radius 2 is 2.21 bits per heavy atom. The summed E-state index contributed by atoms with van der Waals surface area (Å²) in [6.07, 6.45) is 2.41. The summed E-state index contributed by atoms with van der Waals surface area (Å²) in [6.45, 7) is 6.91. The van der Waals surface area contributed by atoms with Crippen LogP contribution < -0.4 is 5.32 Å². The Hall–Kier alpha value is 0.220. The molecule has 0 aromatic rings. The van der Waals surface area contributed by atoms with Gasteiger partial charge in [0.1, 0.15) is 5.37 Å². The Balaban J connectivity index is 1.99. The Bertz CT molecular complexity index is 386. The molecule has 2 rings (SSSR count). The fourth-order valence-electron chi connectivity index (χ4n) is 2.99. The van der Waals surface area contributed by atoms with Gasteiger partial charge in [-0.05, 0) is 25.3 Å². The summed E-state index contributed by atoms with van der Waals surface area (Å²) in [4.78, 5) is 2.20. The van der Waals surface area contributed by atoms with Crippen molar-refractivity contribution in [1.82, 2.24) is 10.2 Å². The van der Waals surface area contributed by atoms with Gasteiger partial charge >= 0.3 is 0 Å². The van der Waals surface area contributed by atoms with Gasteiger partial charge in [-0.3, -0.25) is 4.90 Å². The first-order valence-corrected chi connectivity index (χ1v) is 10.2. The third-order valence-corrected chi connectivity index (χ3v) is 7.55. The zero-order chi connectivity index (χ0) is 13.9. The van der Waals surface area contributed by atoms with Gasteiger partial charge in [-0.15, -0.1) is 0 Å². The normalized spacial score (nSPS) is 34.3. The maximum atomic E-state index is 12.2. The average molecular weight is 306 g/mol. The maximum Gasteiger partial charge on any atom is 0.166 e. The van der Waals surface area contributed by atoms with E-state index in [-0.39, 0.29) is 11.1 Å². The van der Waals surface area contributed by atoms with E-state index in [1.807, 2.05) is 0 Å². The number of nitrogens with one attached hydrogen (secondary N) is 1. The highest BCUT2D eigenvalue weighted by molar-refractivity contribution is 8.01. The van der Waals surface area contributed by atoms with E-state index in [0.717, 1.165) is 37.1 Å². The quantitative estimate of drug-likeness (QED) is 0.845. The molecule has 4 nitrogen and oxygen atoms in total. The number of thioether (sulfide) groups is 1. The summed E-state index contributed by atoms with van der Waals surface area (Å²) in [5.74, 6) is 2.80. The van der Waals surface area contributed by atoms with Crippen molar-refractivity contribution in [2.45, 2.75) is 38.1 Å². The molecule has 2 saturated heterocycles. The van der Waals surface area contributed by atoms with E-state index in [9.17, 15) is 8.42 Å². The van der Waals surface area contributed by atoms with E-state index in [1.165, 1.54) is 12.8 Å². The van der Waals surface area contributed by atoms with Crippen LogP contribution in [0.15, 0.2) is 0 Å². The molecule has 0 aromatic heterocycles. The molecule has 2 aliphatic rings. The Kier molecular flexibility index (Phi) is 5.57. The van der Waals surface area contributed by atoms with Crippen molar-refractivity contribution < 1.29 is 8.42 Å². The number of piperidine rings is 1. The van der Waals surface area contributed by atoms with E-state index in [0.29, 0.717) is 6.04 Å². The molecule has 2 aliphatic heterocycles. The molecule has 0 bridgehead atoms. The fraction of sp³-hybridized carbons (Fsp3) is 1.00. The lowest BCUT2D eigenvalue weighted by molar-refractivity contribution is 0.203. The highest BCUT2D eigenvalue weighted by atomic mass is 32.2. The lowest BCUT2D eigenvalue weighted by atomic mass is 9.94. The summed E-state index contributed by atoms with van der Waals surface area (Å²) in [5.41, 5.74) is 0. The van der Waals surface area contributed by atoms with Crippen LogP contribution in [0.2, 0.25) is 0 Å². The van der Waals surface area contributed by atoms with Gasteiger partial charge in [-0.1, -0.05) is 13.8 Å². The minimum absolute atomic E-state index is 0.253. The van der Waals surface area contributed by atoms with Gasteiger partial charge in [0.2, 0.25) is 0 Å². The van der Waals surface area contributed by atoms with Crippen LogP contribution in [0.25, 0.3) is 0 Å². The second-order valence-electron chi connectivity index (χ2n) is 5.76. The predicted molar refractivity (Wildman–Crippen MR) is 82.3 cm³/mol. The lowest BCUT2D eigenvalue weighted by Gasteiger charge is -2.39. The first-order chi connectivity index (χ1) is 9.03. The molecular weight excluding hydrogens is 280 g/mol. The van der Waals surface area contributed by atoms with E-state index in [2.05, 4.69) is 17.1 Å². The Morgan fingerprint density at radius 3 is 2.89 bits per heavy atom. The molecule has 0 radical (unpaired) electrons. The van der Waals surface area contributed by atoms with Gasteiger partial charge < -0.3 is 5.32 Å². The van der Waals surface area contributed by atoms with Gasteiger partial charge in [0.15, 0.2) is 9.84 Å². The predicted octanol–water partition coefficient (Wildman–Crippen LogP) is 1.18. The zero-order valence-corrected chi connectivity index (χ0v) is 13.6. The third-order valence-electron chi connectivity index (χ3n) is 4.22. The highest BCUT2D eigenvalue weighted by Gasteiger charge is 2.34. The summed E-state index contributed by atoms with van der Waals surface area (Å²) in [6, 6.07) is 0.460. The second-order valence-corrected chi connectivity index (χ2v) is 9.35. The van der Waals surface area contributed by atoms with Crippen LogP contribution in [0, 0.1) is 5.92 Å². The monoisotopic (exact) mass is 306 g/mol. The highest BCUT2D eigenvalue weighted by Crippen LogP contribution is 2.23. The maximum absolute atomic E-state index is 12.2. The van der Waals surface area contributed by atoms with E-state index >= 15 is 0 Å². The largest absolute Gasteiger partial charge is 0.313 e. The number of sulfone groups is 1. The van der Waals surface area contributed by atoms with Crippen molar-refractivity contribution in [1.29, 1.82) is 0 Å². The third kappa shape index (κ3) is 4.09.